The lowest BCUT2D eigenvalue weighted by Gasteiger charge is -2.19. The zero-order chi connectivity index (χ0) is 17.1. The standard InChI is InChI=1S/C18H25NO4/c1-4-13-19(14-12-18(21)22-3)17(20)11-8-15-6-9-16(10-7-15)23-5-2/h6-11H,4-5,12-14H2,1-3H3/b11-8+. The van der Waals surface area contributed by atoms with Gasteiger partial charge in [-0.05, 0) is 37.1 Å². The third-order valence-corrected chi connectivity index (χ3v) is 3.23. The van der Waals surface area contributed by atoms with Gasteiger partial charge in [0.15, 0.2) is 0 Å². The third kappa shape index (κ3) is 7.00. The molecule has 0 bridgehead atoms. The van der Waals surface area contributed by atoms with Crippen LogP contribution in [0, 0.1) is 0 Å². The van der Waals surface area contributed by atoms with E-state index in [1.54, 1.807) is 11.0 Å². The molecule has 0 saturated heterocycles. The van der Waals surface area contributed by atoms with Gasteiger partial charge in [0.1, 0.15) is 5.75 Å². The van der Waals surface area contributed by atoms with E-state index < -0.39 is 0 Å². The fourth-order valence-electron chi connectivity index (χ4n) is 2.05. The molecule has 0 fully saturated rings. The number of rotatable bonds is 9. The molecule has 0 heterocycles. The summed E-state index contributed by atoms with van der Waals surface area (Å²) in [7, 11) is 1.35. The number of hydrogen-bond acceptors (Lipinski definition) is 4. The summed E-state index contributed by atoms with van der Waals surface area (Å²) in [5, 5.41) is 0. The Hall–Kier alpha value is -2.30. The predicted octanol–water partition coefficient (Wildman–Crippen LogP) is 2.90. The summed E-state index contributed by atoms with van der Waals surface area (Å²) in [4.78, 5) is 25.1. The summed E-state index contributed by atoms with van der Waals surface area (Å²) >= 11 is 0. The second-order valence-corrected chi connectivity index (χ2v) is 4.99. The molecule has 0 aliphatic carbocycles. The first kappa shape index (κ1) is 18.7. The van der Waals surface area contributed by atoms with Gasteiger partial charge in [-0.2, -0.15) is 0 Å². The molecule has 1 aromatic rings. The van der Waals surface area contributed by atoms with Crippen LogP contribution >= 0.6 is 0 Å². The van der Waals surface area contributed by atoms with E-state index in [2.05, 4.69) is 4.74 Å². The van der Waals surface area contributed by atoms with Gasteiger partial charge in [-0.3, -0.25) is 9.59 Å². The van der Waals surface area contributed by atoms with Crippen molar-refractivity contribution >= 4 is 18.0 Å². The van der Waals surface area contributed by atoms with E-state index in [9.17, 15) is 9.59 Å². The number of esters is 1. The van der Waals surface area contributed by atoms with E-state index in [-0.39, 0.29) is 18.3 Å². The van der Waals surface area contributed by atoms with E-state index in [1.807, 2.05) is 38.1 Å². The van der Waals surface area contributed by atoms with Crippen molar-refractivity contribution in [2.45, 2.75) is 26.7 Å². The lowest BCUT2D eigenvalue weighted by atomic mass is 10.2. The number of carbonyl (C=O) groups excluding carboxylic acids is 2. The number of carbonyl (C=O) groups is 2. The monoisotopic (exact) mass is 319 g/mol. The van der Waals surface area contributed by atoms with Crippen molar-refractivity contribution in [3.05, 3.63) is 35.9 Å². The van der Waals surface area contributed by atoms with E-state index in [4.69, 9.17) is 4.74 Å². The molecule has 0 spiro atoms. The first-order valence-corrected chi connectivity index (χ1v) is 7.87. The lowest BCUT2D eigenvalue weighted by Crippen LogP contribution is -2.32. The Morgan fingerprint density at radius 2 is 1.83 bits per heavy atom. The molecule has 1 rings (SSSR count). The molecule has 0 aliphatic rings. The van der Waals surface area contributed by atoms with Gasteiger partial charge in [0.25, 0.3) is 0 Å². The molecule has 1 amide bonds. The smallest absolute Gasteiger partial charge is 0.307 e. The van der Waals surface area contributed by atoms with Crippen molar-refractivity contribution in [3.63, 3.8) is 0 Å². The van der Waals surface area contributed by atoms with Crippen molar-refractivity contribution in [1.29, 1.82) is 0 Å². The van der Waals surface area contributed by atoms with Crippen LogP contribution in [0.1, 0.15) is 32.3 Å². The van der Waals surface area contributed by atoms with Crippen molar-refractivity contribution in [3.8, 4) is 5.75 Å². The molecular formula is C18H25NO4. The molecule has 0 aliphatic heterocycles. The Labute approximate surface area is 137 Å². The number of benzene rings is 1. The molecule has 23 heavy (non-hydrogen) atoms. The molecule has 5 nitrogen and oxygen atoms in total. The molecule has 1 aromatic carbocycles. The van der Waals surface area contributed by atoms with Crippen molar-refractivity contribution in [2.24, 2.45) is 0 Å². The van der Waals surface area contributed by atoms with Crippen LogP contribution in [0.3, 0.4) is 0 Å². The van der Waals surface area contributed by atoms with E-state index in [0.717, 1.165) is 17.7 Å². The molecule has 0 aromatic heterocycles. The summed E-state index contributed by atoms with van der Waals surface area (Å²) in [6, 6.07) is 7.53. The van der Waals surface area contributed by atoms with Crippen LogP contribution in [0.2, 0.25) is 0 Å². The molecule has 0 atom stereocenters. The first-order chi connectivity index (χ1) is 11.1. The third-order valence-electron chi connectivity index (χ3n) is 3.23. The minimum absolute atomic E-state index is 0.107. The van der Waals surface area contributed by atoms with Gasteiger partial charge in [0.05, 0.1) is 20.1 Å². The molecular weight excluding hydrogens is 294 g/mol. The number of nitrogens with zero attached hydrogens (tertiary/aromatic N) is 1. The number of amides is 1. The summed E-state index contributed by atoms with van der Waals surface area (Å²) in [6.45, 7) is 5.54. The minimum Gasteiger partial charge on any atom is -0.494 e. The SMILES string of the molecule is CCCN(CCC(=O)OC)C(=O)/C=C/c1ccc(OCC)cc1. The van der Waals surface area contributed by atoms with E-state index in [1.165, 1.54) is 13.2 Å². The fraction of sp³-hybridized carbons (Fsp3) is 0.444. The maximum atomic E-state index is 12.2. The van der Waals surface area contributed by atoms with Gasteiger partial charge in [-0.25, -0.2) is 0 Å². The molecule has 0 radical (unpaired) electrons. The molecule has 5 heteroatoms. The maximum Gasteiger partial charge on any atom is 0.307 e. The van der Waals surface area contributed by atoms with Gasteiger partial charge in [-0.15, -0.1) is 0 Å². The highest BCUT2D eigenvalue weighted by atomic mass is 16.5. The van der Waals surface area contributed by atoms with Gasteiger partial charge >= 0.3 is 5.97 Å². The summed E-state index contributed by atoms with van der Waals surface area (Å²) in [6.07, 6.45) is 4.34. The van der Waals surface area contributed by atoms with E-state index >= 15 is 0 Å². The van der Waals surface area contributed by atoms with Crippen LogP contribution in [0.5, 0.6) is 5.75 Å². The molecule has 0 saturated carbocycles. The number of methoxy groups -OCH3 is 1. The zero-order valence-corrected chi connectivity index (χ0v) is 14.1. The lowest BCUT2D eigenvalue weighted by molar-refractivity contribution is -0.141. The average Bonchev–Trinajstić information content (AvgIpc) is 2.57. The Morgan fingerprint density at radius 1 is 1.13 bits per heavy atom. The second kappa shape index (κ2) is 10.4. The topological polar surface area (TPSA) is 55.8 Å². The molecule has 0 N–H and O–H groups in total. The normalized spacial score (nSPS) is 10.6. The fourth-order valence-corrected chi connectivity index (χ4v) is 2.05. The van der Waals surface area contributed by atoms with Gasteiger partial charge in [-0.1, -0.05) is 19.1 Å². The Bertz CT molecular complexity index is 522. The second-order valence-electron chi connectivity index (χ2n) is 4.99. The van der Waals surface area contributed by atoms with Crippen LogP contribution in [-0.4, -0.2) is 43.6 Å². The van der Waals surface area contributed by atoms with Gasteiger partial charge in [0.2, 0.25) is 5.91 Å². The summed E-state index contributed by atoms with van der Waals surface area (Å²) in [5.74, 6) is 0.390. The van der Waals surface area contributed by atoms with Crippen molar-refractivity contribution < 1.29 is 19.1 Å². The average molecular weight is 319 g/mol. The number of ether oxygens (including phenoxy) is 2. The first-order valence-electron chi connectivity index (χ1n) is 7.87. The van der Waals surface area contributed by atoms with Crippen molar-refractivity contribution in [2.75, 3.05) is 26.8 Å². The highest BCUT2D eigenvalue weighted by Crippen LogP contribution is 2.13. The Balaban J connectivity index is 2.63. The van der Waals surface area contributed by atoms with Crippen LogP contribution in [0.15, 0.2) is 30.3 Å². The van der Waals surface area contributed by atoms with Crippen LogP contribution < -0.4 is 4.74 Å². The Kier molecular flexibility index (Phi) is 8.50. The van der Waals surface area contributed by atoms with Crippen LogP contribution in [-0.2, 0) is 14.3 Å². The summed E-state index contributed by atoms with van der Waals surface area (Å²) < 4.78 is 9.99. The highest BCUT2D eigenvalue weighted by Gasteiger charge is 2.11. The number of hydrogen-bond donors (Lipinski definition) is 0. The molecule has 0 unspecified atom stereocenters. The van der Waals surface area contributed by atoms with Crippen LogP contribution in [0.25, 0.3) is 6.08 Å². The Morgan fingerprint density at radius 3 is 2.39 bits per heavy atom. The quantitative estimate of drug-likeness (QED) is 0.519. The van der Waals surface area contributed by atoms with Crippen molar-refractivity contribution in [1.82, 2.24) is 4.90 Å². The van der Waals surface area contributed by atoms with Gasteiger partial charge < -0.3 is 14.4 Å². The predicted molar refractivity (Wildman–Crippen MR) is 90.1 cm³/mol. The largest absolute Gasteiger partial charge is 0.494 e. The zero-order valence-electron chi connectivity index (χ0n) is 14.1. The summed E-state index contributed by atoms with van der Waals surface area (Å²) in [5.41, 5.74) is 0.922. The molecule has 126 valence electrons. The van der Waals surface area contributed by atoms with E-state index in [0.29, 0.717) is 19.7 Å². The van der Waals surface area contributed by atoms with Crippen LogP contribution in [0.4, 0.5) is 0 Å². The minimum atomic E-state index is -0.311. The maximum absolute atomic E-state index is 12.2. The van der Waals surface area contributed by atoms with Gasteiger partial charge in [0, 0.05) is 19.2 Å². The highest BCUT2D eigenvalue weighted by molar-refractivity contribution is 5.92.